The van der Waals surface area contributed by atoms with Crippen LogP contribution in [0.25, 0.3) is 87.6 Å². The summed E-state index contributed by atoms with van der Waals surface area (Å²) in [5, 5.41) is 3.99. The molecule has 43 heavy (non-hydrogen) atoms. The van der Waals surface area contributed by atoms with Crippen molar-refractivity contribution >= 4 is 54.3 Å². The van der Waals surface area contributed by atoms with E-state index >= 15 is 0 Å². The van der Waals surface area contributed by atoms with E-state index in [9.17, 15) is 5.48 Å². The van der Waals surface area contributed by atoms with E-state index in [1.807, 2.05) is 109 Å². The molecule has 1 heterocycles. The SMILES string of the molecule is [2H]c1c([2H])c([2H])c2c(-c3cccc4ccccc34)c3c([2H])c([2H])c([2H])c([2H])c3c(-c3cc(-c4ccccc4)c4oc5ccccc5c4c3)c2c1[2H]. The summed E-state index contributed by atoms with van der Waals surface area (Å²) in [4.78, 5) is 0. The van der Waals surface area contributed by atoms with Crippen molar-refractivity contribution in [2.45, 2.75) is 0 Å². The van der Waals surface area contributed by atoms with E-state index in [4.69, 9.17) is 9.90 Å². The minimum atomic E-state index is -0.434. The van der Waals surface area contributed by atoms with Gasteiger partial charge in [0.2, 0.25) is 0 Å². The van der Waals surface area contributed by atoms with Crippen LogP contribution in [-0.4, -0.2) is 0 Å². The zero-order valence-corrected chi connectivity index (χ0v) is 22.8. The molecule has 0 aliphatic carbocycles. The third-order valence-corrected chi connectivity index (χ3v) is 8.29. The van der Waals surface area contributed by atoms with Gasteiger partial charge in [0.15, 0.2) is 0 Å². The lowest BCUT2D eigenvalue weighted by Gasteiger charge is -2.19. The van der Waals surface area contributed by atoms with Crippen LogP contribution in [0, 0.1) is 0 Å². The minimum Gasteiger partial charge on any atom is -0.455 e. The molecule has 0 radical (unpaired) electrons. The van der Waals surface area contributed by atoms with Gasteiger partial charge in [-0.25, -0.2) is 0 Å². The van der Waals surface area contributed by atoms with Gasteiger partial charge in [-0.1, -0.05) is 139 Å². The molecule has 0 atom stereocenters. The van der Waals surface area contributed by atoms with Crippen molar-refractivity contribution in [1.82, 2.24) is 0 Å². The minimum absolute atomic E-state index is 0.174. The van der Waals surface area contributed by atoms with Crippen molar-refractivity contribution in [3.05, 3.63) is 158 Å². The van der Waals surface area contributed by atoms with E-state index in [-0.39, 0.29) is 45.7 Å². The maximum absolute atomic E-state index is 9.41. The molecule has 0 N–H and O–H groups in total. The van der Waals surface area contributed by atoms with Crippen LogP contribution in [0.5, 0.6) is 0 Å². The molecule has 9 rings (SSSR count). The smallest absolute Gasteiger partial charge is 0.143 e. The first kappa shape index (κ1) is 17.3. The first-order chi connectivity index (χ1) is 24.7. The Morgan fingerprint density at radius 3 is 1.77 bits per heavy atom. The highest BCUT2D eigenvalue weighted by Crippen LogP contribution is 2.47. The quantitative estimate of drug-likeness (QED) is 0.198. The summed E-state index contributed by atoms with van der Waals surface area (Å²) < 4.78 is 79.3. The van der Waals surface area contributed by atoms with Gasteiger partial charge in [0.05, 0.1) is 11.0 Å². The maximum atomic E-state index is 9.41. The fraction of sp³-hybridized carbons (Fsp3) is 0. The van der Waals surface area contributed by atoms with E-state index in [1.54, 1.807) is 0 Å². The third-order valence-electron chi connectivity index (χ3n) is 8.29. The van der Waals surface area contributed by atoms with Crippen LogP contribution in [0.2, 0.25) is 0 Å². The van der Waals surface area contributed by atoms with Crippen molar-refractivity contribution in [2.75, 3.05) is 0 Å². The van der Waals surface area contributed by atoms with Gasteiger partial charge in [-0.15, -0.1) is 0 Å². The van der Waals surface area contributed by atoms with Crippen LogP contribution in [0.4, 0.5) is 0 Å². The molecule has 0 bridgehead atoms. The van der Waals surface area contributed by atoms with Crippen molar-refractivity contribution in [1.29, 1.82) is 0 Å². The average Bonchev–Trinajstić information content (AvgIpc) is 3.55. The second kappa shape index (κ2) is 9.44. The van der Waals surface area contributed by atoms with Gasteiger partial charge in [-0.2, -0.15) is 0 Å². The van der Waals surface area contributed by atoms with Crippen molar-refractivity contribution in [2.24, 2.45) is 0 Å². The van der Waals surface area contributed by atoms with E-state index in [0.717, 1.165) is 32.7 Å². The summed E-state index contributed by atoms with van der Waals surface area (Å²) in [7, 11) is 0. The normalized spacial score (nSPS) is 14.3. The zero-order chi connectivity index (χ0) is 35.3. The zero-order valence-electron chi connectivity index (χ0n) is 30.8. The number of fused-ring (bicyclic) bond motifs is 6. The first-order valence-corrected chi connectivity index (χ1v) is 14.1. The van der Waals surface area contributed by atoms with Crippen LogP contribution in [0.3, 0.4) is 0 Å². The summed E-state index contributed by atoms with van der Waals surface area (Å²) >= 11 is 0. The van der Waals surface area contributed by atoms with Gasteiger partial charge in [0.1, 0.15) is 11.2 Å². The predicted octanol–water partition coefficient (Wildman–Crippen LogP) is 12.0. The Morgan fingerprint density at radius 1 is 0.419 bits per heavy atom. The Labute approximate surface area is 260 Å². The van der Waals surface area contributed by atoms with Crippen LogP contribution < -0.4 is 0 Å². The lowest BCUT2D eigenvalue weighted by atomic mass is 9.84. The topological polar surface area (TPSA) is 13.1 Å². The molecule has 1 heteroatoms. The summed E-state index contributed by atoms with van der Waals surface area (Å²) in [6.45, 7) is 0. The molecular weight excluding hydrogens is 520 g/mol. The van der Waals surface area contributed by atoms with E-state index in [2.05, 4.69) is 0 Å². The predicted molar refractivity (Wildman–Crippen MR) is 183 cm³/mol. The summed E-state index contributed by atoms with van der Waals surface area (Å²) in [5.74, 6) is 0. The standard InChI is InChI=1S/C42H26O/c1-2-13-28(14-3-1)37-25-29(26-38-31-18-10-11-24-39(31)43-42(37)38)40-33-19-6-8-21-35(33)41(36-22-9-7-20-34(36)40)32-23-12-16-27-15-4-5-17-30(27)32/h1-26H/i6D,7D,8D,9D,19D,20D,21D,22D. The molecule has 0 amide bonds. The Hall–Kier alpha value is -5.66. The third kappa shape index (κ3) is 3.65. The molecule has 0 fully saturated rings. The Bertz CT molecular complexity index is 2860. The number of para-hydroxylation sites is 1. The van der Waals surface area contributed by atoms with Gasteiger partial charge in [-0.05, 0) is 78.3 Å². The first-order valence-electron chi connectivity index (χ1n) is 18.1. The van der Waals surface area contributed by atoms with Crippen LogP contribution in [0.15, 0.2) is 162 Å². The molecule has 200 valence electrons. The molecular formula is C42H26O. The van der Waals surface area contributed by atoms with Crippen LogP contribution in [0.1, 0.15) is 11.0 Å². The molecule has 0 saturated carbocycles. The van der Waals surface area contributed by atoms with Crippen molar-refractivity contribution < 1.29 is 15.4 Å². The highest BCUT2D eigenvalue weighted by molar-refractivity contribution is 6.24. The second-order valence-electron chi connectivity index (χ2n) is 10.6. The lowest BCUT2D eigenvalue weighted by molar-refractivity contribution is 0.670. The molecule has 0 aliphatic rings. The van der Waals surface area contributed by atoms with E-state index in [0.29, 0.717) is 33.4 Å². The molecule has 0 unspecified atom stereocenters. The van der Waals surface area contributed by atoms with Gasteiger partial charge in [0.25, 0.3) is 0 Å². The highest BCUT2D eigenvalue weighted by Gasteiger charge is 2.20. The van der Waals surface area contributed by atoms with E-state index in [1.165, 1.54) is 0 Å². The Morgan fingerprint density at radius 2 is 1.02 bits per heavy atom. The molecule has 0 aliphatic heterocycles. The molecule has 9 aromatic rings. The number of benzene rings is 8. The summed E-state index contributed by atoms with van der Waals surface area (Å²) in [6.07, 6.45) is 0. The van der Waals surface area contributed by atoms with E-state index < -0.39 is 24.2 Å². The van der Waals surface area contributed by atoms with Crippen molar-refractivity contribution in [3.63, 3.8) is 0 Å². The molecule has 8 aromatic carbocycles. The van der Waals surface area contributed by atoms with Gasteiger partial charge in [-0.3, -0.25) is 0 Å². The van der Waals surface area contributed by atoms with Gasteiger partial charge < -0.3 is 4.42 Å². The monoisotopic (exact) mass is 554 g/mol. The van der Waals surface area contributed by atoms with Gasteiger partial charge >= 0.3 is 0 Å². The Kier molecular flexibility index (Phi) is 3.80. The number of rotatable bonds is 3. The fourth-order valence-corrected chi connectivity index (χ4v) is 6.43. The maximum Gasteiger partial charge on any atom is 0.143 e. The molecule has 1 nitrogen and oxygen atoms in total. The fourth-order valence-electron chi connectivity index (χ4n) is 6.43. The summed E-state index contributed by atoms with van der Waals surface area (Å²) in [5.41, 5.74) is 4.66. The highest BCUT2D eigenvalue weighted by atomic mass is 16.3. The van der Waals surface area contributed by atoms with Gasteiger partial charge in [0, 0.05) is 16.3 Å². The summed E-state index contributed by atoms with van der Waals surface area (Å²) in [6, 6.07) is 31.5. The van der Waals surface area contributed by atoms with Crippen molar-refractivity contribution in [3.8, 4) is 33.4 Å². The van der Waals surface area contributed by atoms with Crippen LogP contribution >= 0.6 is 0 Å². The lowest BCUT2D eigenvalue weighted by Crippen LogP contribution is -1.92. The average molecular weight is 555 g/mol. The number of furan rings is 1. The number of hydrogen-bond donors (Lipinski definition) is 0. The van der Waals surface area contributed by atoms with Crippen LogP contribution in [-0.2, 0) is 0 Å². The molecule has 0 saturated heterocycles. The second-order valence-corrected chi connectivity index (χ2v) is 10.6. The number of hydrogen-bond acceptors (Lipinski definition) is 1. The molecule has 1 aromatic heterocycles. The Balaban J connectivity index is 1.59. The molecule has 0 spiro atoms. The largest absolute Gasteiger partial charge is 0.455 e.